The fourth-order valence-corrected chi connectivity index (χ4v) is 3.80. The maximum atomic E-state index is 6.28. The van der Waals surface area contributed by atoms with Gasteiger partial charge < -0.3 is 4.42 Å². The quantitative estimate of drug-likeness (QED) is 0.347. The number of fused-ring (bicyclic) bond motifs is 2. The van der Waals surface area contributed by atoms with Gasteiger partial charge in [0, 0.05) is 27.4 Å². The molecule has 0 unspecified atom stereocenters. The van der Waals surface area contributed by atoms with Crippen molar-refractivity contribution in [1.29, 1.82) is 0 Å². The first-order valence-corrected chi connectivity index (χ1v) is 10.3. The zero-order valence-electron chi connectivity index (χ0n) is 17.1. The van der Waals surface area contributed by atoms with Gasteiger partial charge in [-0.05, 0) is 67.4 Å². The largest absolute Gasteiger partial charge is 0.456 e. The van der Waals surface area contributed by atoms with Crippen LogP contribution in [-0.4, -0.2) is 9.97 Å². The number of anilines is 1. The van der Waals surface area contributed by atoms with E-state index in [9.17, 15) is 0 Å². The first kappa shape index (κ1) is 19.3. The monoisotopic (exact) mass is 426 g/mol. The van der Waals surface area contributed by atoms with Gasteiger partial charge in [-0.3, -0.25) is 5.43 Å². The molecule has 2 heterocycles. The van der Waals surface area contributed by atoms with Crippen molar-refractivity contribution in [3.63, 3.8) is 0 Å². The number of benzene rings is 3. The number of aromatic nitrogens is 2. The van der Waals surface area contributed by atoms with Gasteiger partial charge in [0.15, 0.2) is 5.82 Å². The van der Waals surface area contributed by atoms with Gasteiger partial charge in [-0.1, -0.05) is 29.8 Å². The Balaban J connectivity index is 1.71. The molecule has 0 aliphatic rings. The van der Waals surface area contributed by atoms with Gasteiger partial charge in [0.2, 0.25) is 0 Å². The van der Waals surface area contributed by atoms with Gasteiger partial charge >= 0.3 is 0 Å². The Kier molecular flexibility index (Phi) is 4.88. The van der Waals surface area contributed by atoms with Crippen molar-refractivity contribution >= 4 is 39.3 Å². The van der Waals surface area contributed by atoms with E-state index >= 15 is 0 Å². The zero-order chi connectivity index (χ0) is 21.4. The molecule has 5 rings (SSSR count). The van der Waals surface area contributed by atoms with Gasteiger partial charge in [-0.25, -0.2) is 9.97 Å². The number of nitrogens with zero attached hydrogens (tertiary/aromatic N) is 3. The fraction of sp³-hybridized carbons (Fsp3) is 0.0800. The predicted octanol–water partition coefficient (Wildman–Crippen LogP) is 6.24. The molecule has 0 aliphatic heterocycles. The summed E-state index contributed by atoms with van der Waals surface area (Å²) < 4.78 is 6.28. The molecule has 2 aromatic heterocycles. The Morgan fingerprint density at radius 3 is 2.55 bits per heavy atom. The molecule has 0 saturated carbocycles. The lowest BCUT2D eigenvalue weighted by atomic mass is 10.1. The van der Waals surface area contributed by atoms with E-state index in [1.54, 1.807) is 0 Å². The average molecular weight is 427 g/mol. The SMILES string of the molecule is Cc1cc(C)c2oc(-c3ccc(Cl)cc3)cc(=NNc3ncnc4ccccc34)c2c1. The highest BCUT2D eigenvalue weighted by atomic mass is 35.5. The molecule has 0 amide bonds. The molecule has 0 saturated heterocycles. The average Bonchev–Trinajstić information content (AvgIpc) is 2.78. The number of halogens is 1. The molecule has 1 N–H and O–H groups in total. The maximum absolute atomic E-state index is 6.28. The number of aryl methyl sites for hydroxylation is 2. The van der Waals surface area contributed by atoms with E-state index in [0.717, 1.165) is 43.9 Å². The van der Waals surface area contributed by atoms with Crippen LogP contribution in [0.25, 0.3) is 33.2 Å². The summed E-state index contributed by atoms with van der Waals surface area (Å²) in [5.74, 6) is 1.36. The van der Waals surface area contributed by atoms with Crippen LogP contribution in [0.5, 0.6) is 0 Å². The van der Waals surface area contributed by atoms with Crippen LogP contribution in [0.2, 0.25) is 5.02 Å². The molecule has 5 nitrogen and oxygen atoms in total. The second-order valence-electron chi connectivity index (χ2n) is 7.42. The molecular formula is C25H19ClN4O. The molecule has 31 heavy (non-hydrogen) atoms. The molecule has 0 atom stereocenters. The molecule has 0 fully saturated rings. The summed E-state index contributed by atoms with van der Waals surface area (Å²) in [7, 11) is 0. The number of hydrogen-bond donors (Lipinski definition) is 1. The van der Waals surface area contributed by atoms with Crippen molar-refractivity contribution in [3.8, 4) is 11.3 Å². The van der Waals surface area contributed by atoms with Crippen LogP contribution in [0.3, 0.4) is 0 Å². The normalized spacial score (nSPS) is 11.9. The molecule has 5 aromatic rings. The van der Waals surface area contributed by atoms with Crippen molar-refractivity contribution in [1.82, 2.24) is 9.97 Å². The van der Waals surface area contributed by atoms with Crippen LogP contribution < -0.4 is 10.8 Å². The summed E-state index contributed by atoms with van der Waals surface area (Å²) in [6, 6.07) is 21.5. The highest BCUT2D eigenvalue weighted by Gasteiger charge is 2.10. The predicted molar refractivity (Wildman–Crippen MR) is 125 cm³/mol. The van der Waals surface area contributed by atoms with Crippen molar-refractivity contribution in [2.75, 3.05) is 5.43 Å². The van der Waals surface area contributed by atoms with Gasteiger partial charge in [0.25, 0.3) is 0 Å². The lowest BCUT2D eigenvalue weighted by molar-refractivity contribution is 0.615. The van der Waals surface area contributed by atoms with Crippen LogP contribution in [-0.2, 0) is 0 Å². The van der Waals surface area contributed by atoms with Crippen molar-refractivity contribution in [2.24, 2.45) is 5.10 Å². The Morgan fingerprint density at radius 2 is 1.71 bits per heavy atom. The summed E-state index contributed by atoms with van der Waals surface area (Å²) in [4.78, 5) is 8.69. The molecule has 3 aromatic carbocycles. The summed E-state index contributed by atoms with van der Waals surface area (Å²) >= 11 is 6.06. The van der Waals surface area contributed by atoms with Crippen LogP contribution in [0.4, 0.5) is 5.82 Å². The van der Waals surface area contributed by atoms with Crippen molar-refractivity contribution < 1.29 is 4.42 Å². The van der Waals surface area contributed by atoms with Crippen LogP contribution in [0, 0.1) is 13.8 Å². The first-order valence-electron chi connectivity index (χ1n) is 9.89. The van der Waals surface area contributed by atoms with Gasteiger partial charge in [0.05, 0.1) is 10.9 Å². The first-order chi connectivity index (χ1) is 15.1. The standard InChI is InChI=1S/C25H19ClN4O/c1-15-11-16(2)24-20(12-15)22(13-23(31-24)17-7-9-18(26)10-8-17)29-30-25-19-5-3-4-6-21(19)27-14-28-25/h3-14H,1-2H3,(H,27,28,30). The van der Waals surface area contributed by atoms with Gasteiger partial charge in [0.1, 0.15) is 17.7 Å². The Bertz CT molecular complexity index is 1480. The van der Waals surface area contributed by atoms with E-state index in [4.69, 9.17) is 21.1 Å². The lowest BCUT2D eigenvalue weighted by Gasteiger charge is -2.09. The number of hydrogen-bond acceptors (Lipinski definition) is 5. The molecule has 0 spiro atoms. The molecule has 152 valence electrons. The summed E-state index contributed by atoms with van der Waals surface area (Å²) in [5.41, 5.74) is 7.91. The second-order valence-corrected chi connectivity index (χ2v) is 7.86. The highest BCUT2D eigenvalue weighted by Crippen LogP contribution is 2.26. The topological polar surface area (TPSA) is 63.3 Å². The third kappa shape index (κ3) is 3.76. The summed E-state index contributed by atoms with van der Waals surface area (Å²) in [6.45, 7) is 4.11. The van der Waals surface area contributed by atoms with Crippen LogP contribution >= 0.6 is 11.6 Å². The maximum Gasteiger partial charge on any atom is 0.157 e. The Morgan fingerprint density at radius 1 is 0.903 bits per heavy atom. The van der Waals surface area contributed by atoms with Crippen molar-refractivity contribution in [3.05, 3.63) is 94.6 Å². The summed E-state index contributed by atoms with van der Waals surface area (Å²) in [6.07, 6.45) is 1.53. The van der Waals surface area contributed by atoms with E-state index in [-0.39, 0.29) is 0 Å². The second kappa shape index (κ2) is 7.85. The van der Waals surface area contributed by atoms with Crippen molar-refractivity contribution in [2.45, 2.75) is 13.8 Å². The fourth-order valence-electron chi connectivity index (χ4n) is 3.68. The number of rotatable bonds is 3. The Labute approximate surface area is 184 Å². The molecular weight excluding hydrogens is 408 g/mol. The minimum Gasteiger partial charge on any atom is -0.456 e. The van der Waals surface area contributed by atoms with E-state index in [2.05, 4.69) is 34.5 Å². The lowest BCUT2D eigenvalue weighted by Crippen LogP contribution is -2.09. The van der Waals surface area contributed by atoms with Gasteiger partial charge in [-0.2, -0.15) is 5.10 Å². The van der Waals surface area contributed by atoms with Gasteiger partial charge in [-0.15, -0.1) is 0 Å². The number of para-hydroxylation sites is 1. The summed E-state index contributed by atoms with van der Waals surface area (Å²) in [5, 5.41) is 8.00. The third-order valence-corrected chi connectivity index (χ3v) is 5.38. The molecule has 0 radical (unpaired) electrons. The van der Waals surface area contributed by atoms with E-state index < -0.39 is 0 Å². The Hall–Kier alpha value is -3.70. The molecule has 6 heteroatoms. The molecule has 0 bridgehead atoms. The smallest absolute Gasteiger partial charge is 0.157 e. The highest BCUT2D eigenvalue weighted by molar-refractivity contribution is 6.30. The molecule has 0 aliphatic carbocycles. The van der Waals surface area contributed by atoms with E-state index in [1.807, 2.05) is 61.5 Å². The van der Waals surface area contributed by atoms with Crippen LogP contribution in [0.1, 0.15) is 11.1 Å². The number of nitrogens with one attached hydrogen (secondary N) is 1. The zero-order valence-corrected chi connectivity index (χ0v) is 17.8. The van der Waals surface area contributed by atoms with E-state index in [0.29, 0.717) is 16.6 Å². The van der Waals surface area contributed by atoms with E-state index in [1.165, 1.54) is 6.33 Å². The minimum atomic E-state index is 0.650. The third-order valence-electron chi connectivity index (χ3n) is 5.13. The minimum absolute atomic E-state index is 0.650. The van der Waals surface area contributed by atoms with Crippen LogP contribution in [0.15, 0.2) is 82.6 Å².